The minimum absolute atomic E-state index is 0.0469. The van der Waals surface area contributed by atoms with Crippen molar-refractivity contribution in [2.75, 3.05) is 44.6 Å². The van der Waals surface area contributed by atoms with E-state index in [1.165, 1.54) is 0 Å². The van der Waals surface area contributed by atoms with Gasteiger partial charge < -0.3 is 21.7 Å². The smallest absolute Gasteiger partial charge is 0.199 e. The molecule has 0 aliphatic heterocycles. The molecule has 0 radical (unpaired) electrons. The Morgan fingerprint density at radius 3 is 2.59 bits per heavy atom. The lowest BCUT2D eigenvalue weighted by Gasteiger charge is -2.12. The van der Waals surface area contributed by atoms with E-state index < -0.39 is 0 Å². The lowest BCUT2D eigenvalue weighted by molar-refractivity contribution is 0.622. The Morgan fingerprint density at radius 2 is 1.74 bits per heavy atom. The number of nitrogens with two attached hydrogens (primary N) is 1. The SMILES string of the molecule is NCCNCCNCCNc1ccc2ncn3c4ccccc4c(=O)c1c23. The second-order valence-electron chi connectivity index (χ2n) is 6.53. The van der Waals surface area contributed by atoms with Gasteiger partial charge in [0.15, 0.2) is 5.43 Å². The fraction of sp³-hybridized carbons (Fsp3) is 0.300. The molecule has 0 atom stereocenters. The van der Waals surface area contributed by atoms with Crippen LogP contribution in [0.25, 0.3) is 27.3 Å². The molecule has 0 spiro atoms. The normalized spacial score (nSPS) is 11.7. The van der Waals surface area contributed by atoms with Crippen LogP contribution < -0.4 is 27.1 Å². The molecule has 0 aliphatic carbocycles. The van der Waals surface area contributed by atoms with E-state index in [0.29, 0.717) is 17.3 Å². The van der Waals surface area contributed by atoms with Crippen LogP contribution in [0.15, 0.2) is 47.5 Å². The van der Waals surface area contributed by atoms with Crippen LogP contribution >= 0.6 is 0 Å². The molecule has 0 fully saturated rings. The number of rotatable bonds is 9. The maximum atomic E-state index is 13.1. The molecule has 0 amide bonds. The Labute approximate surface area is 156 Å². The Balaban J connectivity index is 1.56. The van der Waals surface area contributed by atoms with Gasteiger partial charge in [0.2, 0.25) is 0 Å². The summed E-state index contributed by atoms with van der Waals surface area (Å²) in [5, 5.41) is 11.4. The first-order valence-corrected chi connectivity index (χ1v) is 9.31. The van der Waals surface area contributed by atoms with E-state index >= 15 is 0 Å². The number of benzene rings is 2. The van der Waals surface area contributed by atoms with Gasteiger partial charge in [-0.25, -0.2) is 4.98 Å². The molecule has 140 valence electrons. The van der Waals surface area contributed by atoms with Crippen molar-refractivity contribution in [1.29, 1.82) is 0 Å². The maximum Gasteiger partial charge on any atom is 0.199 e. The van der Waals surface area contributed by atoms with Crippen LogP contribution in [0, 0.1) is 0 Å². The highest BCUT2D eigenvalue weighted by Crippen LogP contribution is 2.28. The second-order valence-corrected chi connectivity index (χ2v) is 6.53. The van der Waals surface area contributed by atoms with Crippen molar-refractivity contribution in [1.82, 2.24) is 20.0 Å². The summed E-state index contributed by atoms with van der Waals surface area (Å²) in [6, 6.07) is 11.6. The molecule has 0 unspecified atom stereocenters. The van der Waals surface area contributed by atoms with Crippen LogP contribution in [0.1, 0.15) is 0 Å². The van der Waals surface area contributed by atoms with Crippen LogP contribution in [-0.2, 0) is 0 Å². The Bertz CT molecular complexity index is 1110. The molecule has 4 aromatic rings. The Hall–Kier alpha value is -2.74. The number of imidazole rings is 1. The highest BCUT2D eigenvalue weighted by atomic mass is 16.1. The predicted octanol–water partition coefficient (Wildman–Crippen LogP) is 0.989. The monoisotopic (exact) mass is 364 g/mol. The van der Waals surface area contributed by atoms with Crippen molar-refractivity contribution < 1.29 is 0 Å². The molecular weight excluding hydrogens is 340 g/mol. The van der Waals surface area contributed by atoms with Gasteiger partial charge in [-0.05, 0) is 24.3 Å². The molecule has 0 saturated carbocycles. The zero-order chi connectivity index (χ0) is 18.6. The van der Waals surface area contributed by atoms with E-state index in [-0.39, 0.29) is 5.43 Å². The number of anilines is 1. The summed E-state index contributed by atoms with van der Waals surface area (Å²) in [7, 11) is 0. The van der Waals surface area contributed by atoms with Gasteiger partial charge in [0.1, 0.15) is 6.33 Å². The third-order valence-corrected chi connectivity index (χ3v) is 4.76. The third kappa shape index (κ3) is 3.32. The first-order valence-electron chi connectivity index (χ1n) is 9.31. The number of hydrogen-bond acceptors (Lipinski definition) is 6. The van der Waals surface area contributed by atoms with Gasteiger partial charge in [0.05, 0.1) is 21.9 Å². The van der Waals surface area contributed by atoms with Crippen molar-refractivity contribution in [3.05, 3.63) is 52.9 Å². The third-order valence-electron chi connectivity index (χ3n) is 4.76. The lowest BCUT2D eigenvalue weighted by atomic mass is 10.1. The van der Waals surface area contributed by atoms with Crippen LogP contribution in [0.2, 0.25) is 0 Å². The molecule has 2 aromatic heterocycles. The number of nitrogens with one attached hydrogen (secondary N) is 3. The summed E-state index contributed by atoms with van der Waals surface area (Å²) in [6.45, 7) is 4.81. The standard InChI is InChI=1S/C20H24N6O/c21-7-8-22-9-10-23-11-12-24-15-5-6-16-19-18(15)20(27)14-3-1-2-4-17(14)26(19)13-25-16/h1-6,13,22-24H,7-12,21H2. The highest BCUT2D eigenvalue weighted by Gasteiger charge is 2.15. The van der Waals surface area contributed by atoms with Gasteiger partial charge in [0, 0.05) is 50.3 Å². The summed E-state index contributed by atoms with van der Waals surface area (Å²) in [6.07, 6.45) is 1.79. The van der Waals surface area contributed by atoms with E-state index in [9.17, 15) is 4.79 Å². The van der Waals surface area contributed by atoms with Gasteiger partial charge in [-0.3, -0.25) is 9.20 Å². The van der Waals surface area contributed by atoms with Crippen LogP contribution in [0.3, 0.4) is 0 Å². The summed E-state index contributed by atoms with van der Waals surface area (Å²) in [5.74, 6) is 0. The fourth-order valence-electron chi connectivity index (χ4n) is 3.49. The van der Waals surface area contributed by atoms with E-state index in [4.69, 9.17) is 5.73 Å². The van der Waals surface area contributed by atoms with Crippen molar-refractivity contribution >= 4 is 33.0 Å². The van der Waals surface area contributed by atoms with E-state index in [0.717, 1.165) is 55.0 Å². The second kappa shape index (κ2) is 7.87. The number of hydrogen-bond donors (Lipinski definition) is 4. The van der Waals surface area contributed by atoms with Gasteiger partial charge in [-0.2, -0.15) is 0 Å². The minimum atomic E-state index is 0.0469. The molecule has 7 heteroatoms. The number of para-hydroxylation sites is 1. The molecule has 5 N–H and O–H groups in total. The first-order chi connectivity index (χ1) is 13.3. The molecule has 0 bridgehead atoms. The van der Waals surface area contributed by atoms with E-state index in [1.807, 2.05) is 40.8 Å². The first kappa shape index (κ1) is 17.7. The van der Waals surface area contributed by atoms with Crippen LogP contribution in [0.4, 0.5) is 5.69 Å². The fourth-order valence-corrected chi connectivity index (χ4v) is 3.49. The number of fused-ring (bicyclic) bond motifs is 2. The van der Waals surface area contributed by atoms with Gasteiger partial charge >= 0.3 is 0 Å². The molecule has 4 rings (SSSR count). The summed E-state index contributed by atoms with van der Waals surface area (Å²) in [4.78, 5) is 17.6. The molecule has 27 heavy (non-hydrogen) atoms. The van der Waals surface area contributed by atoms with E-state index in [2.05, 4.69) is 20.9 Å². The average molecular weight is 364 g/mol. The zero-order valence-corrected chi connectivity index (χ0v) is 15.2. The summed E-state index contributed by atoms with van der Waals surface area (Å²) in [5.41, 5.74) is 8.95. The number of aromatic nitrogens is 2. The Morgan fingerprint density at radius 1 is 0.963 bits per heavy atom. The average Bonchev–Trinajstić information content (AvgIpc) is 3.13. The summed E-state index contributed by atoms with van der Waals surface area (Å²) < 4.78 is 2.01. The lowest BCUT2D eigenvalue weighted by Crippen LogP contribution is -2.32. The number of nitrogens with zero attached hydrogens (tertiary/aromatic N) is 2. The van der Waals surface area contributed by atoms with Gasteiger partial charge in [0.25, 0.3) is 0 Å². The van der Waals surface area contributed by atoms with Gasteiger partial charge in [-0.15, -0.1) is 0 Å². The van der Waals surface area contributed by atoms with Crippen molar-refractivity contribution in [3.63, 3.8) is 0 Å². The van der Waals surface area contributed by atoms with Crippen LogP contribution in [-0.4, -0.2) is 48.7 Å². The molecule has 0 aliphatic rings. The molecular formula is C20H24N6O. The topological polar surface area (TPSA) is 96.5 Å². The largest absolute Gasteiger partial charge is 0.383 e. The van der Waals surface area contributed by atoms with Crippen molar-refractivity contribution in [2.45, 2.75) is 0 Å². The molecule has 0 saturated heterocycles. The predicted molar refractivity (Wildman–Crippen MR) is 111 cm³/mol. The van der Waals surface area contributed by atoms with Crippen LogP contribution in [0.5, 0.6) is 0 Å². The Kier molecular flexibility index (Phi) is 5.15. The summed E-state index contributed by atoms with van der Waals surface area (Å²) >= 11 is 0. The maximum absolute atomic E-state index is 13.1. The minimum Gasteiger partial charge on any atom is -0.383 e. The quantitative estimate of drug-likeness (QED) is 0.261. The highest BCUT2D eigenvalue weighted by molar-refractivity contribution is 6.06. The van der Waals surface area contributed by atoms with Crippen molar-refractivity contribution in [2.24, 2.45) is 5.73 Å². The molecule has 2 aromatic carbocycles. The zero-order valence-electron chi connectivity index (χ0n) is 15.2. The van der Waals surface area contributed by atoms with Gasteiger partial charge in [-0.1, -0.05) is 12.1 Å². The van der Waals surface area contributed by atoms with Crippen molar-refractivity contribution in [3.8, 4) is 0 Å². The molecule has 7 nitrogen and oxygen atoms in total. The number of pyridine rings is 1. The molecule has 2 heterocycles. The van der Waals surface area contributed by atoms with E-state index in [1.54, 1.807) is 6.33 Å².